The van der Waals surface area contributed by atoms with Crippen molar-refractivity contribution >= 4 is 0 Å². The van der Waals surface area contributed by atoms with Crippen LogP contribution in [0.25, 0.3) is 0 Å². The van der Waals surface area contributed by atoms with E-state index in [2.05, 4.69) is 31.7 Å². The number of ether oxygens (including phenoxy) is 1. The van der Waals surface area contributed by atoms with Crippen molar-refractivity contribution in [2.75, 3.05) is 20.2 Å². The Morgan fingerprint density at radius 1 is 1.33 bits per heavy atom. The molecule has 0 saturated carbocycles. The van der Waals surface area contributed by atoms with Gasteiger partial charge in [-0.3, -0.25) is 4.90 Å². The highest BCUT2D eigenvalue weighted by atomic mass is 16.5. The maximum Gasteiger partial charge on any atom is 0.109 e. The van der Waals surface area contributed by atoms with E-state index in [1.54, 1.807) is 0 Å². The average molecular weight is 251 g/mol. The molecule has 2 nitrogen and oxygen atoms in total. The molecule has 0 unspecified atom stereocenters. The van der Waals surface area contributed by atoms with Crippen molar-refractivity contribution in [2.45, 2.75) is 52.5 Å². The molecule has 0 aromatic heterocycles. The van der Waals surface area contributed by atoms with E-state index >= 15 is 0 Å². The minimum absolute atomic E-state index is 0.550. The second-order valence-corrected chi connectivity index (χ2v) is 6.23. The lowest BCUT2D eigenvalue weighted by molar-refractivity contribution is 0.108. The molecule has 1 heterocycles. The first kappa shape index (κ1) is 13.9. The van der Waals surface area contributed by atoms with Crippen LogP contribution in [0.5, 0.6) is 0 Å². The Labute approximate surface area is 112 Å². The van der Waals surface area contributed by atoms with Gasteiger partial charge in [-0.05, 0) is 56.2 Å². The minimum atomic E-state index is 0.550. The molecule has 1 aliphatic heterocycles. The van der Waals surface area contributed by atoms with Gasteiger partial charge < -0.3 is 4.74 Å². The fourth-order valence-electron chi connectivity index (χ4n) is 3.94. The molecule has 0 aromatic rings. The van der Waals surface area contributed by atoms with E-state index < -0.39 is 0 Å². The summed E-state index contributed by atoms with van der Waals surface area (Å²) in [5, 5.41) is 0. The van der Waals surface area contributed by atoms with Gasteiger partial charge in [0.15, 0.2) is 0 Å². The second-order valence-electron chi connectivity index (χ2n) is 6.23. The summed E-state index contributed by atoms with van der Waals surface area (Å²) >= 11 is 0. The van der Waals surface area contributed by atoms with E-state index in [4.69, 9.17) is 4.74 Å². The van der Waals surface area contributed by atoms with Crippen molar-refractivity contribution in [3.05, 3.63) is 11.8 Å². The van der Waals surface area contributed by atoms with Gasteiger partial charge in [0, 0.05) is 0 Å². The highest BCUT2D eigenvalue weighted by molar-refractivity contribution is 5.19. The standard InChI is InChI=1S/C16H29NO/c1-5-8-13-11-14(18-4)16(15(13)12(2)3)17-9-6-7-10-17/h11-13,15-16H,5-10H2,1-4H3/t13-,15+,16+/m0/s1. The number of allylic oxidation sites excluding steroid dienone is 1. The van der Waals surface area contributed by atoms with Crippen LogP contribution in [0.15, 0.2) is 11.8 Å². The van der Waals surface area contributed by atoms with E-state index in [9.17, 15) is 0 Å². The van der Waals surface area contributed by atoms with Gasteiger partial charge in [0.1, 0.15) is 5.76 Å². The number of methoxy groups -OCH3 is 1. The monoisotopic (exact) mass is 251 g/mol. The Kier molecular flexibility index (Phi) is 4.71. The Morgan fingerprint density at radius 3 is 2.50 bits per heavy atom. The topological polar surface area (TPSA) is 12.5 Å². The quantitative estimate of drug-likeness (QED) is 0.739. The Morgan fingerprint density at radius 2 is 2.00 bits per heavy atom. The number of rotatable bonds is 5. The zero-order valence-corrected chi connectivity index (χ0v) is 12.5. The van der Waals surface area contributed by atoms with Gasteiger partial charge in [-0.2, -0.15) is 0 Å². The average Bonchev–Trinajstić information content (AvgIpc) is 2.94. The molecule has 0 aromatic carbocycles. The van der Waals surface area contributed by atoms with E-state index in [0.717, 1.165) is 17.8 Å². The largest absolute Gasteiger partial charge is 0.500 e. The molecular weight excluding hydrogens is 222 g/mol. The van der Waals surface area contributed by atoms with Crippen LogP contribution in [0.2, 0.25) is 0 Å². The molecule has 1 aliphatic carbocycles. The van der Waals surface area contributed by atoms with Gasteiger partial charge in [0.25, 0.3) is 0 Å². The zero-order chi connectivity index (χ0) is 13.1. The molecule has 0 amide bonds. The first-order valence-corrected chi connectivity index (χ1v) is 7.68. The second kappa shape index (κ2) is 6.10. The molecule has 2 rings (SSSR count). The smallest absolute Gasteiger partial charge is 0.109 e. The van der Waals surface area contributed by atoms with E-state index in [-0.39, 0.29) is 0 Å². The molecule has 2 heteroatoms. The summed E-state index contributed by atoms with van der Waals surface area (Å²) in [6.45, 7) is 9.56. The summed E-state index contributed by atoms with van der Waals surface area (Å²) in [7, 11) is 1.85. The van der Waals surface area contributed by atoms with Crippen molar-refractivity contribution < 1.29 is 4.74 Å². The SMILES string of the molecule is CCC[C@H]1C=C(OC)[C@@H](N2CCCC2)[C@@H]1C(C)C. The third-order valence-corrected chi connectivity index (χ3v) is 4.69. The summed E-state index contributed by atoms with van der Waals surface area (Å²) in [5.41, 5.74) is 0. The maximum atomic E-state index is 5.71. The van der Waals surface area contributed by atoms with Crippen LogP contribution < -0.4 is 0 Å². The molecule has 1 fully saturated rings. The van der Waals surface area contributed by atoms with Crippen molar-refractivity contribution in [1.82, 2.24) is 4.90 Å². The first-order chi connectivity index (χ1) is 8.69. The number of nitrogens with zero attached hydrogens (tertiary/aromatic N) is 1. The molecule has 0 bridgehead atoms. The third-order valence-electron chi connectivity index (χ3n) is 4.69. The van der Waals surface area contributed by atoms with Gasteiger partial charge in [-0.1, -0.05) is 27.2 Å². The molecule has 0 radical (unpaired) electrons. The summed E-state index contributed by atoms with van der Waals surface area (Å²) < 4.78 is 5.71. The minimum Gasteiger partial charge on any atom is -0.500 e. The third kappa shape index (κ3) is 2.59. The van der Waals surface area contributed by atoms with Gasteiger partial charge in [0.2, 0.25) is 0 Å². The normalized spacial score (nSPS) is 33.2. The van der Waals surface area contributed by atoms with Crippen molar-refractivity contribution in [2.24, 2.45) is 17.8 Å². The van der Waals surface area contributed by atoms with Gasteiger partial charge in [-0.25, -0.2) is 0 Å². The van der Waals surface area contributed by atoms with Crippen LogP contribution >= 0.6 is 0 Å². The molecule has 104 valence electrons. The predicted molar refractivity (Wildman–Crippen MR) is 76.4 cm³/mol. The highest BCUT2D eigenvalue weighted by Gasteiger charge is 2.43. The van der Waals surface area contributed by atoms with Gasteiger partial charge >= 0.3 is 0 Å². The lowest BCUT2D eigenvalue weighted by Gasteiger charge is -2.35. The summed E-state index contributed by atoms with van der Waals surface area (Å²) in [4.78, 5) is 2.66. The van der Waals surface area contributed by atoms with Crippen LogP contribution in [0, 0.1) is 17.8 Å². The first-order valence-electron chi connectivity index (χ1n) is 7.68. The van der Waals surface area contributed by atoms with E-state index in [1.807, 2.05) is 7.11 Å². The molecule has 0 N–H and O–H groups in total. The fourth-order valence-corrected chi connectivity index (χ4v) is 3.94. The molecule has 0 spiro atoms. The molecule has 18 heavy (non-hydrogen) atoms. The summed E-state index contributed by atoms with van der Waals surface area (Å²) in [5.74, 6) is 3.44. The molecule has 2 aliphatic rings. The van der Waals surface area contributed by atoms with Crippen molar-refractivity contribution in [3.63, 3.8) is 0 Å². The van der Waals surface area contributed by atoms with Crippen molar-refractivity contribution in [1.29, 1.82) is 0 Å². The lowest BCUT2D eigenvalue weighted by Crippen LogP contribution is -2.41. The van der Waals surface area contributed by atoms with E-state index in [0.29, 0.717) is 6.04 Å². The van der Waals surface area contributed by atoms with Gasteiger partial charge in [0.05, 0.1) is 13.2 Å². The molecule has 3 atom stereocenters. The van der Waals surface area contributed by atoms with Crippen LogP contribution in [0.1, 0.15) is 46.5 Å². The predicted octanol–water partition coefficient (Wildman–Crippen LogP) is 3.68. The number of hydrogen-bond acceptors (Lipinski definition) is 2. The summed E-state index contributed by atoms with van der Waals surface area (Å²) in [6, 6.07) is 0.550. The fraction of sp³-hybridized carbons (Fsp3) is 0.875. The molecule has 1 saturated heterocycles. The van der Waals surface area contributed by atoms with Crippen LogP contribution in [0.4, 0.5) is 0 Å². The summed E-state index contributed by atoms with van der Waals surface area (Å²) in [6.07, 6.45) is 7.72. The van der Waals surface area contributed by atoms with Crippen LogP contribution in [-0.4, -0.2) is 31.1 Å². The van der Waals surface area contributed by atoms with E-state index in [1.165, 1.54) is 44.5 Å². The number of likely N-dealkylation sites (tertiary alicyclic amines) is 1. The Hall–Kier alpha value is -0.500. The zero-order valence-electron chi connectivity index (χ0n) is 12.5. The number of hydrogen-bond donors (Lipinski definition) is 0. The van der Waals surface area contributed by atoms with Crippen LogP contribution in [0.3, 0.4) is 0 Å². The Balaban J connectivity index is 2.19. The van der Waals surface area contributed by atoms with Crippen molar-refractivity contribution in [3.8, 4) is 0 Å². The lowest BCUT2D eigenvalue weighted by atomic mass is 9.80. The maximum absolute atomic E-state index is 5.71. The van der Waals surface area contributed by atoms with Gasteiger partial charge in [-0.15, -0.1) is 0 Å². The molecular formula is C16H29NO. The highest BCUT2D eigenvalue weighted by Crippen LogP contribution is 2.42. The van der Waals surface area contributed by atoms with Crippen LogP contribution in [-0.2, 0) is 4.74 Å². The Bertz CT molecular complexity index is 291.